The van der Waals surface area contributed by atoms with Crippen molar-refractivity contribution in [2.75, 3.05) is 59.5 Å². The van der Waals surface area contributed by atoms with Crippen LogP contribution in [0.15, 0.2) is 75.9 Å². The van der Waals surface area contributed by atoms with E-state index in [0.29, 0.717) is 0 Å². The van der Waals surface area contributed by atoms with Gasteiger partial charge in [-0.2, -0.15) is 0 Å². The van der Waals surface area contributed by atoms with Crippen LogP contribution in [0.2, 0.25) is 0 Å². The zero-order chi connectivity index (χ0) is 30.1. The van der Waals surface area contributed by atoms with E-state index in [1.165, 1.54) is 0 Å². The second kappa shape index (κ2) is 19.2. The molecule has 0 aromatic rings. The van der Waals surface area contributed by atoms with Crippen LogP contribution < -0.4 is 0 Å². The van der Waals surface area contributed by atoms with E-state index in [-0.39, 0.29) is 59.5 Å². The monoisotopic (exact) mass is 582 g/mol. The molecule has 11 heteroatoms. The molecule has 0 aliphatic carbocycles. The summed E-state index contributed by atoms with van der Waals surface area (Å²) in [6.45, 7) is 23.0. The van der Waals surface area contributed by atoms with Crippen LogP contribution in [0.5, 0.6) is 0 Å². The molecule has 11 nitrogen and oxygen atoms in total. The first-order valence-electron chi connectivity index (χ1n) is 13.5. The molecular weight excluding hydrogens is 536 g/mol. The van der Waals surface area contributed by atoms with Crippen LogP contribution in [-0.2, 0) is 42.6 Å². The first-order valence-corrected chi connectivity index (χ1v) is 13.5. The Bertz CT molecular complexity index is 820. The number of hydrogen-bond donors (Lipinski definition) is 2. The molecule has 0 spiro atoms. The summed E-state index contributed by atoms with van der Waals surface area (Å²) in [5.74, 6) is -1.83. The van der Waals surface area contributed by atoms with Crippen molar-refractivity contribution in [3.05, 3.63) is 75.9 Å². The van der Waals surface area contributed by atoms with Crippen LogP contribution in [0.3, 0.4) is 0 Å². The third-order valence-electron chi connectivity index (χ3n) is 6.20. The number of aliphatic hydroxyl groups excluding tert-OH is 2. The average molecular weight is 583 g/mol. The number of hydrogen-bond acceptors (Lipinski definition) is 11. The molecule has 9 atom stereocenters. The topological polar surface area (TPSA) is 124 Å². The predicted octanol–water partition coefficient (Wildman–Crippen LogP) is 1.87. The highest BCUT2D eigenvalue weighted by Gasteiger charge is 2.60. The largest absolute Gasteiger partial charge is 0.385 e. The molecule has 232 valence electrons. The lowest BCUT2D eigenvalue weighted by Crippen LogP contribution is -2.64. The smallest absolute Gasteiger partial charge is 0.224 e. The fraction of sp³-hybridized carbons (Fsp3) is 0.600. The maximum Gasteiger partial charge on any atom is 0.224 e. The highest BCUT2D eigenvalue weighted by molar-refractivity contribution is 5.01. The van der Waals surface area contributed by atoms with Gasteiger partial charge in [0.25, 0.3) is 0 Å². The summed E-state index contributed by atoms with van der Waals surface area (Å²) < 4.78 is 53.5. The molecule has 0 amide bonds. The van der Waals surface area contributed by atoms with Gasteiger partial charge in [-0.1, -0.05) is 36.5 Å². The lowest BCUT2D eigenvalue weighted by molar-refractivity contribution is -0.389. The van der Waals surface area contributed by atoms with Gasteiger partial charge >= 0.3 is 0 Å². The van der Waals surface area contributed by atoms with Gasteiger partial charge in [-0.05, 0) is 0 Å². The molecule has 2 heterocycles. The Labute approximate surface area is 243 Å². The van der Waals surface area contributed by atoms with Crippen molar-refractivity contribution in [2.45, 2.75) is 54.8 Å². The SMILES string of the molecule is C=CCOC[C@H]1O[C@@](COCC=C)(O[C@H]2O[C@H](COCC=C)[C@@H](OCC=C)[C@H](OCC=C)[C@H]2O)[C@@H](O)[C@@H]1OCC=C. The fourth-order valence-corrected chi connectivity index (χ4v) is 4.50. The normalized spacial score (nSPS) is 33.2. The zero-order valence-corrected chi connectivity index (χ0v) is 23.8. The van der Waals surface area contributed by atoms with Gasteiger partial charge in [-0.3, -0.25) is 0 Å². The highest BCUT2D eigenvalue weighted by Crippen LogP contribution is 2.39. The van der Waals surface area contributed by atoms with E-state index in [9.17, 15) is 10.2 Å². The van der Waals surface area contributed by atoms with E-state index < -0.39 is 54.8 Å². The van der Waals surface area contributed by atoms with Crippen LogP contribution in [0.1, 0.15) is 0 Å². The molecule has 2 N–H and O–H groups in total. The molecule has 2 aliphatic rings. The van der Waals surface area contributed by atoms with Gasteiger partial charge in [-0.15, -0.1) is 39.5 Å². The van der Waals surface area contributed by atoms with Crippen LogP contribution in [0, 0.1) is 0 Å². The summed E-state index contributed by atoms with van der Waals surface area (Å²) in [7, 11) is 0. The minimum Gasteiger partial charge on any atom is -0.385 e. The Hall–Kier alpha value is -2.00. The zero-order valence-electron chi connectivity index (χ0n) is 23.8. The van der Waals surface area contributed by atoms with Gasteiger partial charge in [0.1, 0.15) is 49.3 Å². The van der Waals surface area contributed by atoms with E-state index in [1.54, 1.807) is 36.5 Å². The minimum atomic E-state index is -1.83. The molecule has 2 fully saturated rings. The van der Waals surface area contributed by atoms with Crippen molar-refractivity contribution in [1.29, 1.82) is 0 Å². The third kappa shape index (κ3) is 10.1. The average Bonchev–Trinajstić information content (AvgIpc) is 3.22. The van der Waals surface area contributed by atoms with Gasteiger partial charge in [0.15, 0.2) is 6.29 Å². The number of ether oxygens (including phenoxy) is 9. The van der Waals surface area contributed by atoms with Crippen LogP contribution in [0.25, 0.3) is 0 Å². The lowest BCUT2D eigenvalue weighted by atomic mass is 9.98. The third-order valence-corrected chi connectivity index (χ3v) is 6.20. The molecule has 2 aliphatic heterocycles. The van der Waals surface area contributed by atoms with Crippen LogP contribution in [-0.4, -0.2) is 124 Å². The summed E-state index contributed by atoms with van der Waals surface area (Å²) in [6, 6.07) is 0. The first-order chi connectivity index (χ1) is 19.9. The molecular formula is C30H46O11. The second-order valence-electron chi connectivity index (χ2n) is 9.28. The summed E-state index contributed by atoms with van der Waals surface area (Å²) in [6.07, 6.45) is 1.24. The van der Waals surface area contributed by atoms with Crippen molar-refractivity contribution >= 4 is 0 Å². The van der Waals surface area contributed by atoms with Crippen molar-refractivity contribution < 1.29 is 52.8 Å². The van der Waals surface area contributed by atoms with Crippen LogP contribution >= 0.6 is 0 Å². The fourth-order valence-electron chi connectivity index (χ4n) is 4.50. The molecule has 0 saturated carbocycles. The number of aliphatic hydroxyl groups is 2. The Morgan fingerprint density at radius 2 is 1.10 bits per heavy atom. The Morgan fingerprint density at radius 1 is 0.610 bits per heavy atom. The van der Waals surface area contributed by atoms with Gasteiger partial charge in [0, 0.05) is 0 Å². The van der Waals surface area contributed by atoms with Gasteiger partial charge in [-0.25, -0.2) is 0 Å². The highest BCUT2D eigenvalue weighted by atomic mass is 16.8. The molecule has 0 aromatic carbocycles. The maximum absolute atomic E-state index is 11.5. The molecule has 0 radical (unpaired) electrons. The van der Waals surface area contributed by atoms with E-state index in [4.69, 9.17) is 42.6 Å². The van der Waals surface area contributed by atoms with Crippen molar-refractivity contribution in [2.24, 2.45) is 0 Å². The summed E-state index contributed by atoms with van der Waals surface area (Å²) in [5, 5.41) is 23.0. The standard InChI is InChI=1S/C30H46O11/c1-7-13-33-19-22-25(36-16-10-4)27(38-18-12-6)24(31)29(39-22)41-30(21-35-15-9-3)28(32)26(37-17-11-5)23(40-30)20-34-14-8-2/h7-12,22-29,31-32H,1-6,13-21H2/t22-,23-,24-,25-,26-,27-,28+,29-,30+/m1/s1. The van der Waals surface area contributed by atoms with Crippen molar-refractivity contribution in [3.63, 3.8) is 0 Å². The molecule has 2 saturated heterocycles. The van der Waals surface area contributed by atoms with Crippen molar-refractivity contribution in [1.82, 2.24) is 0 Å². The summed E-state index contributed by atoms with van der Waals surface area (Å²) >= 11 is 0. The lowest BCUT2D eigenvalue weighted by Gasteiger charge is -2.46. The van der Waals surface area contributed by atoms with Gasteiger partial charge < -0.3 is 52.8 Å². The van der Waals surface area contributed by atoms with E-state index in [0.717, 1.165) is 0 Å². The van der Waals surface area contributed by atoms with E-state index >= 15 is 0 Å². The van der Waals surface area contributed by atoms with Gasteiger partial charge in [0.2, 0.25) is 5.79 Å². The quantitative estimate of drug-likeness (QED) is 0.136. The second-order valence-corrected chi connectivity index (χ2v) is 9.28. The summed E-state index contributed by atoms with van der Waals surface area (Å²) in [4.78, 5) is 0. The minimum absolute atomic E-state index is 0.0616. The first kappa shape index (κ1) is 35.2. The molecule has 0 aromatic heterocycles. The van der Waals surface area contributed by atoms with Gasteiger partial charge in [0.05, 0.1) is 52.9 Å². The Kier molecular flexibility index (Phi) is 16.5. The molecule has 2 rings (SSSR count). The molecule has 0 unspecified atom stereocenters. The Morgan fingerprint density at radius 3 is 1.66 bits per heavy atom. The molecule has 41 heavy (non-hydrogen) atoms. The van der Waals surface area contributed by atoms with Crippen molar-refractivity contribution in [3.8, 4) is 0 Å². The van der Waals surface area contributed by atoms with Crippen LogP contribution in [0.4, 0.5) is 0 Å². The van der Waals surface area contributed by atoms with E-state index in [1.807, 2.05) is 0 Å². The molecule has 0 bridgehead atoms. The maximum atomic E-state index is 11.5. The van der Waals surface area contributed by atoms with E-state index in [2.05, 4.69) is 39.5 Å². The predicted molar refractivity (Wildman–Crippen MR) is 152 cm³/mol. The summed E-state index contributed by atoms with van der Waals surface area (Å²) in [5.41, 5.74) is 0. The Balaban J connectivity index is 2.42. The number of rotatable bonds is 23.